The van der Waals surface area contributed by atoms with Gasteiger partial charge in [-0.2, -0.15) is 0 Å². The van der Waals surface area contributed by atoms with Gasteiger partial charge in [-0.05, 0) is 62.0 Å². The molecule has 1 aliphatic rings. The van der Waals surface area contributed by atoms with E-state index in [0.29, 0.717) is 0 Å². The summed E-state index contributed by atoms with van der Waals surface area (Å²) >= 11 is 11.8. The Morgan fingerprint density at radius 3 is 2.78 bits per heavy atom. The van der Waals surface area contributed by atoms with Crippen molar-refractivity contribution in [1.29, 1.82) is 0 Å². The summed E-state index contributed by atoms with van der Waals surface area (Å²) in [4.78, 5) is 6.66. The van der Waals surface area contributed by atoms with Crippen molar-refractivity contribution in [3.05, 3.63) is 76.8 Å². The highest BCUT2D eigenvalue weighted by Crippen LogP contribution is 2.40. The third-order valence-electron chi connectivity index (χ3n) is 4.99. The molecule has 1 aromatic carbocycles. The van der Waals surface area contributed by atoms with Gasteiger partial charge in [-0.1, -0.05) is 29.8 Å². The fourth-order valence-electron chi connectivity index (χ4n) is 3.59. The van der Waals surface area contributed by atoms with Crippen molar-refractivity contribution in [3.8, 4) is 11.3 Å². The van der Waals surface area contributed by atoms with Gasteiger partial charge in [0.2, 0.25) is 0 Å². The number of nitrogens with zero attached hydrogens (tertiary/aromatic N) is 2. The van der Waals surface area contributed by atoms with Gasteiger partial charge in [-0.15, -0.1) is 0 Å². The number of furan rings is 1. The van der Waals surface area contributed by atoms with Gasteiger partial charge in [-0.25, -0.2) is 0 Å². The van der Waals surface area contributed by atoms with E-state index in [0.717, 1.165) is 45.0 Å². The molecule has 4 rings (SSSR count). The van der Waals surface area contributed by atoms with Crippen LogP contribution >= 0.6 is 23.8 Å². The molecule has 0 unspecified atom stereocenters. The lowest BCUT2D eigenvalue weighted by Crippen LogP contribution is -2.29. The molecule has 1 aliphatic heterocycles. The SMILES string of the molecule is CCN1C(=S)N[C@H](c2ccccn2)[C@H]1c1ccc(-c2cccc(Cl)c2C)o1. The Bertz CT molecular complexity index is 973. The molecular weight excluding hydrogens is 378 g/mol. The maximum atomic E-state index is 6.29. The van der Waals surface area contributed by atoms with Gasteiger partial charge in [0, 0.05) is 23.3 Å². The van der Waals surface area contributed by atoms with Crippen LogP contribution in [0, 0.1) is 6.92 Å². The predicted octanol–water partition coefficient (Wildman–Crippen LogP) is 5.30. The van der Waals surface area contributed by atoms with Crippen LogP contribution in [-0.4, -0.2) is 21.5 Å². The number of halogens is 1. The molecule has 1 fully saturated rings. The summed E-state index contributed by atoms with van der Waals surface area (Å²) in [5.41, 5.74) is 2.95. The van der Waals surface area contributed by atoms with Gasteiger partial charge in [0.25, 0.3) is 0 Å². The zero-order valence-electron chi connectivity index (χ0n) is 15.1. The van der Waals surface area contributed by atoms with E-state index in [1.54, 1.807) is 6.20 Å². The molecule has 2 atom stereocenters. The Balaban J connectivity index is 1.75. The topological polar surface area (TPSA) is 41.3 Å². The molecule has 0 radical (unpaired) electrons. The molecule has 0 amide bonds. The number of benzene rings is 1. The minimum atomic E-state index is -0.0573. The van der Waals surface area contributed by atoms with E-state index < -0.39 is 0 Å². The number of hydrogen-bond acceptors (Lipinski definition) is 3. The molecule has 27 heavy (non-hydrogen) atoms. The van der Waals surface area contributed by atoms with E-state index in [9.17, 15) is 0 Å². The second kappa shape index (κ2) is 7.33. The second-order valence-corrected chi connectivity index (χ2v) is 7.32. The first-order valence-corrected chi connectivity index (χ1v) is 9.72. The van der Waals surface area contributed by atoms with Crippen LogP contribution in [0.1, 0.15) is 36.0 Å². The lowest BCUT2D eigenvalue weighted by molar-refractivity contribution is 0.284. The van der Waals surface area contributed by atoms with E-state index in [4.69, 9.17) is 28.2 Å². The highest BCUT2D eigenvalue weighted by atomic mass is 35.5. The Labute approximate surface area is 169 Å². The lowest BCUT2D eigenvalue weighted by Gasteiger charge is -2.24. The number of pyridine rings is 1. The number of hydrogen-bond donors (Lipinski definition) is 1. The van der Waals surface area contributed by atoms with Crippen molar-refractivity contribution in [3.63, 3.8) is 0 Å². The third-order valence-corrected chi connectivity index (χ3v) is 5.75. The number of aromatic nitrogens is 1. The van der Waals surface area contributed by atoms with Crippen molar-refractivity contribution in [1.82, 2.24) is 15.2 Å². The highest BCUT2D eigenvalue weighted by molar-refractivity contribution is 7.80. The Morgan fingerprint density at radius 2 is 2.04 bits per heavy atom. The highest BCUT2D eigenvalue weighted by Gasteiger charge is 2.40. The largest absolute Gasteiger partial charge is 0.459 e. The summed E-state index contributed by atoms with van der Waals surface area (Å²) in [5, 5.41) is 4.85. The molecule has 0 saturated carbocycles. The Morgan fingerprint density at radius 1 is 1.19 bits per heavy atom. The molecular formula is C21H20ClN3OS. The van der Waals surface area contributed by atoms with Gasteiger partial charge in [0.05, 0.1) is 11.7 Å². The molecule has 0 aliphatic carbocycles. The van der Waals surface area contributed by atoms with Crippen molar-refractivity contribution in [2.75, 3.05) is 6.54 Å². The van der Waals surface area contributed by atoms with Crippen LogP contribution in [0.5, 0.6) is 0 Å². The van der Waals surface area contributed by atoms with Crippen molar-refractivity contribution in [2.24, 2.45) is 0 Å². The quantitative estimate of drug-likeness (QED) is 0.605. The van der Waals surface area contributed by atoms with Gasteiger partial charge >= 0.3 is 0 Å². The first kappa shape index (κ1) is 18.0. The van der Waals surface area contributed by atoms with Gasteiger partial charge in [-0.3, -0.25) is 4.98 Å². The molecule has 0 spiro atoms. The summed E-state index contributed by atoms with van der Waals surface area (Å²) < 4.78 is 6.29. The van der Waals surface area contributed by atoms with Crippen LogP contribution in [0.2, 0.25) is 5.02 Å². The zero-order chi connectivity index (χ0) is 19.0. The molecule has 3 heterocycles. The molecule has 3 aromatic rings. The fraction of sp³-hybridized carbons (Fsp3) is 0.238. The normalized spacial score (nSPS) is 19.4. The summed E-state index contributed by atoms with van der Waals surface area (Å²) in [7, 11) is 0. The first-order valence-electron chi connectivity index (χ1n) is 8.93. The van der Waals surface area contributed by atoms with Gasteiger partial charge in [0.1, 0.15) is 17.6 Å². The van der Waals surface area contributed by atoms with Gasteiger partial charge < -0.3 is 14.6 Å². The predicted molar refractivity (Wildman–Crippen MR) is 112 cm³/mol. The van der Waals surface area contributed by atoms with Crippen molar-refractivity contribution < 1.29 is 4.42 Å². The molecule has 4 nitrogen and oxygen atoms in total. The average molecular weight is 398 g/mol. The van der Waals surface area contributed by atoms with Crippen LogP contribution in [0.15, 0.2) is 59.1 Å². The maximum absolute atomic E-state index is 6.29. The molecule has 0 bridgehead atoms. The van der Waals surface area contributed by atoms with E-state index in [-0.39, 0.29) is 12.1 Å². The number of likely N-dealkylation sites (N-methyl/N-ethyl adjacent to an activating group) is 1. The zero-order valence-corrected chi connectivity index (χ0v) is 16.7. The molecule has 138 valence electrons. The molecule has 6 heteroatoms. The summed E-state index contributed by atoms with van der Waals surface area (Å²) in [6, 6.07) is 15.7. The summed E-state index contributed by atoms with van der Waals surface area (Å²) in [5.74, 6) is 1.66. The number of thiocarbonyl (C=S) groups is 1. The van der Waals surface area contributed by atoms with E-state index in [1.165, 1.54) is 0 Å². The van der Waals surface area contributed by atoms with Crippen LogP contribution in [0.4, 0.5) is 0 Å². The van der Waals surface area contributed by atoms with E-state index in [2.05, 4.69) is 22.1 Å². The average Bonchev–Trinajstić information content (AvgIpc) is 3.28. The maximum Gasteiger partial charge on any atom is 0.170 e. The smallest absolute Gasteiger partial charge is 0.170 e. The van der Waals surface area contributed by atoms with E-state index in [1.807, 2.05) is 55.5 Å². The van der Waals surface area contributed by atoms with Gasteiger partial charge in [0.15, 0.2) is 5.11 Å². The molecule has 1 saturated heterocycles. The summed E-state index contributed by atoms with van der Waals surface area (Å²) in [6.45, 7) is 4.87. The van der Waals surface area contributed by atoms with Crippen molar-refractivity contribution >= 4 is 28.9 Å². The minimum Gasteiger partial charge on any atom is -0.459 e. The lowest BCUT2D eigenvalue weighted by atomic mass is 10.0. The minimum absolute atomic E-state index is 0.0503. The third kappa shape index (κ3) is 3.22. The standard InChI is InChI=1S/C21H20ClN3OS/c1-3-25-20(19(24-21(25)27)16-9-4-5-12-23-16)18-11-10-17(26-18)14-7-6-8-15(22)13(14)2/h4-12,19-20H,3H2,1-2H3,(H,24,27)/t19-,20-/m1/s1. The summed E-state index contributed by atoms with van der Waals surface area (Å²) in [6.07, 6.45) is 1.80. The first-order chi connectivity index (χ1) is 13.1. The van der Waals surface area contributed by atoms with Crippen LogP contribution in [0.25, 0.3) is 11.3 Å². The molecule has 2 aromatic heterocycles. The monoisotopic (exact) mass is 397 g/mol. The number of nitrogens with one attached hydrogen (secondary N) is 1. The van der Waals surface area contributed by atoms with E-state index >= 15 is 0 Å². The second-order valence-electron chi connectivity index (χ2n) is 6.53. The van der Waals surface area contributed by atoms with Crippen LogP contribution in [0.3, 0.4) is 0 Å². The van der Waals surface area contributed by atoms with Crippen molar-refractivity contribution in [2.45, 2.75) is 25.9 Å². The van der Waals surface area contributed by atoms with Crippen LogP contribution in [-0.2, 0) is 0 Å². The Kier molecular flexibility index (Phi) is 4.89. The number of rotatable bonds is 4. The fourth-order valence-corrected chi connectivity index (χ4v) is 4.13. The molecule has 1 N–H and O–H groups in total. The Hall–Kier alpha value is -2.37. The van der Waals surface area contributed by atoms with Crippen LogP contribution < -0.4 is 5.32 Å².